The third-order valence-corrected chi connectivity index (χ3v) is 4.90. The number of likely N-dealkylation sites (tertiary alicyclic amines) is 1. The zero-order valence-corrected chi connectivity index (χ0v) is 12.7. The largest absolute Gasteiger partial charge is 0.330 e. The second-order valence-electron chi connectivity index (χ2n) is 5.24. The van der Waals surface area contributed by atoms with Gasteiger partial charge in [0.05, 0.1) is 0 Å². The zero-order valence-electron chi connectivity index (χ0n) is 11.0. The third kappa shape index (κ3) is 3.29. The summed E-state index contributed by atoms with van der Waals surface area (Å²) in [5.74, 6) is 0.698. The van der Waals surface area contributed by atoms with E-state index in [4.69, 9.17) is 5.73 Å². The van der Waals surface area contributed by atoms with Crippen molar-refractivity contribution in [3.05, 3.63) is 35.2 Å². The van der Waals surface area contributed by atoms with Crippen LogP contribution < -0.4 is 5.73 Å². The number of fused-ring (bicyclic) bond motifs is 1. The quantitative estimate of drug-likeness (QED) is 0.939. The van der Waals surface area contributed by atoms with Gasteiger partial charge in [-0.05, 0) is 54.2 Å². The molecule has 2 aromatic rings. The summed E-state index contributed by atoms with van der Waals surface area (Å²) in [5, 5.41) is 3.74. The van der Waals surface area contributed by atoms with Crippen molar-refractivity contribution in [2.24, 2.45) is 11.7 Å². The monoisotopic (exact) mass is 296 g/mol. The van der Waals surface area contributed by atoms with E-state index in [1.807, 2.05) is 11.3 Å². The Labute approximate surface area is 125 Å². The van der Waals surface area contributed by atoms with Gasteiger partial charge in [0.2, 0.25) is 0 Å². The highest BCUT2D eigenvalue weighted by molar-refractivity contribution is 7.17. The van der Waals surface area contributed by atoms with Crippen molar-refractivity contribution in [1.29, 1.82) is 0 Å². The standard InChI is InChI=1S/C15H20N2S.ClH/c16-8-12-4-3-7-17(9-12)10-13-11-18-15-6-2-1-5-14(13)15;/h1-2,5-6,11-12H,3-4,7-10,16H2;1H. The Kier molecular flexibility index (Phi) is 5.22. The molecule has 0 amide bonds. The number of piperidine rings is 1. The molecule has 1 saturated heterocycles. The molecule has 4 heteroatoms. The lowest BCUT2D eigenvalue weighted by Gasteiger charge is -2.31. The normalized spacial score (nSPS) is 20.4. The molecule has 1 atom stereocenters. The maximum atomic E-state index is 5.80. The number of hydrogen-bond donors (Lipinski definition) is 1. The molecule has 2 nitrogen and oxygen atoms in total. The van der Waals surface area contributed by atoms with Gasteiger partial charge in [-0.3, -0.25) is 4.90 Å². The Morgan fingerprint density at radius 3 is 3.00 bits per heavy atom. The summed E-state index contributed by atoms with van der Waals surface area (Å²) in [6.07, 6.45) is 2.60. The summed E-state index contributed by atoms with van der Waals surface area (Å²) in [7, 11) is 0. The van der Waals surface area contributed by atoms with Gasteiger partial charge >= 0.3 is 0 Å². The molecule has 0 bridgehead atoms. The second-order valence-corrected chi connectivity index (χ2v) is 6.15. The van der Waals surface area contributed by atoms with Crippen LogP contribution in [0.15, 0.2) is 29.6 Å². The summed E-state index contributed by atoms with van der Waals surface area (Å²) in [6.45, 7) is 4.31. The Morgan fingerprint density at radius 2 is 2.16 bits per heavy atom. The summed E-state index contributed by atoms with van der Waals surface area (Å²) >= 11 is 1.86. The van der Waals surface area contributed by atoms with Gasteiger partial charge in [-0.15, -0.1) is 23.7 Å². The number of halogens is 1. The first-order valence-corrected chi connectivity index (χ1v) is 7.62. The molecule has 2 N–H and O–H groups in total. The minimum atomic E-state index is 0. The summed E-state index contributed by atoms with van der Waals surface area (Å²) in [4.78, 5) is 2.56. The lowest BCUT2D eigenvalue weighted by Crippen LogP contribution is -2.37. The van der Waals surface area contributed by atoms with Gasteiger partial charge in [0.1, 0.15) is 0 Å². The molecule has 1 unspecified atom stereocenters. The highest BCUT2D eigenvalue weighted by atomic mass is 35.5. The molecule has 0 spiro atoms. The van der Waals surface area contributed by atoms with Gasteiger partial charge in [-0.25, -0.2) is 0 Å². The molecular formula is C15H21ClN2S. The first kappa shape index (κ1) is 14.8. The Morgan fingerprint density at radius 1 is 1.32 bits per heavy atom. The van der Waals surface area contributed by atoms with Crippen molar-refractivity contribution in [2.45, 2.75) is 19.4 Å². The van der Waals surface area contributed by atoms with Crippen LogP contribution in [0.3, 0.4) is 0 Å². The van der Waals surface area contributed by atoms with E-state index in [1.165, 1.54) is 41.6 Å². The van der Waals surface area contributed by atoms with Crippen LogP contribution in [0.5, 0.6) is 0 Å². The maximum absolute atomic E-state index is 5.80. The Hall–Kier alpha value is -0.610. The molecule has 104 valence electrons. The van der Waals surface area contributed by atoms with Crippen LogP contribution in [-0.4, -0.2) is 24.5 Å². The minimum Gasteiger partial charge on any atom is -0.330 e. The molecular weight excluding hydrogens is 276 g/mol. The molecule has 0 aliphatic carbocycles. The van der Waals surface area contributed by atoms with Gasteiger partial charge in [-0.2, -0.15) is 0 Å². The SMILES string of the molecule is Cl.NCC1CCCN(Cc2csc3ccccc23)C1. The minimum absolute atomic E-state index is 0. The smallest absolute Gasteiger partial charge is 0.0346 e. The number of thiophene rings is 1. The number of rotatable bonds is 3. The van der Waals surface area contributed by atoms with Crippen LogP contribution in [-0.2, 0) is 6.54 Å². The fraction of sp³-hybridized carbons (Fsp3) is 0.467. The van der Waals surface area contributed by atoms with Gasteiger partial charge in [-0.1, -0.05) is 18.2 Å². The average Bonchev–Trinajstić information content (AvgIpc) is 2.83. The van der Waals surface area contributed by atoms with E-state index < -0.39 is 0 Å². The van der Waals surface area contributed by atoms with E-state index in [2.05, 4.69) is 34.5 Å². The molecule has 1 aromatic carbocycles. The number of nitrogens with zero attached hydrogens (tertiary/aromatic N) is 1. The summed E-state index contributed by atoms with van der Waals surface area (Å²) in [5.41, 5.74) is 7.28. The summed E-state index contributed by atoms with van der Waals surface area (Å²) < 4.78 is 1.40. The molecule has 1 aliphatic rings. The van der Waals surface area contributed by atoms with E-state index in [-0.39, 0.29) is 12.4 Å². The number of hydrogen-bond acceptors (Lipinski definition) is 3. The fourth-order valence-electron chi connectivity index (χ4n) is 2.88. The molecule has 3 rings (SSSR count). The molecule has 19 heavy (non-hydrogen) atoms. The van der Waals surface area contributed by atoms with Gasteiger partial charge in [0.25, 0.3) is 0 Å². The first-order chi connectivity index (χ1) is 8.86. The Balaban J connectivity index is 0.00000133. The van der Waals surface area contributed by atoms with Crippen molar-refractivity contribution < 1.29 is 0 Å². The third-order valence-electron chi connectivity index (χ3n) is 3.89. The molecule has 1 aromatic heterocycles. The van der Waals surface area contributed by atoms with Crippen LogP contribution in [0.1, 0.15) is 18.4 Å². The summed E-state index contributed by atoms with van der Waals surface area (Å²) in [6, 6.07) is 8.71. The molecule has 2 heterocycles. The van der Waals surface area contributed by atoms with Gasteiger partial charge in [0, 0.05) is 17.8 Å². The van der Waals surface area contributed by atoms with E-state index in [1.54, 1.807) is 0 Å². The number of benzene rings is 1. The first-order valence-electron chi connectivity index (χ1n) is 6.74. The van der Waals surface area contributed by atoms with Crippen molar-refractivity contribution >= 4 is 33.8 Å². The predicted molar refractivity (Wildman–Crippen MR) is 86.1 cm³/mol. The average molecular weight is 297 g/mol. The fourth-order valence-corrected chi connectivity index (χ4v) is 3.84. The number of nitrogens with two attached hydrogens (primary N) is 1. The van der Waals surface area contributed by atoms with Crippen molar-refractivity contribution in [1.82, 2.24) is 4.90 Å². The lowest BCUT2D eigenvalue weighted by molar-refractivity contribution is 0.171. The van der Waals surface area contributed by atoms with Crippen LogP contribution in [0, 0.1) is 5.92 Å². The Bertz CT molecular complexity index is 526. The van der Waals surface area contributed by atoms with Crippen molar-refractivity contribution in [3.63, 3.8) is 0 Å². The highest BCUT2D eigenvalue weighted by Gasteiger charge is 2.19. The highest BCUT2D eigenvalue weighted by Crippen LogP contribution is 2.27. The predicted octanol–water partition coefficient (Wildman–Crippen LogP) is 3.49. The van der Waals surface area contributed by atoms with Gasteiger partial charge < -0.3 is 5.73 Å². The van der Waals surface area contributed by atoms with Crippen LogP contribution in [0.2, 0.25) is 0 Å². The topological polar surface area (TPSA) is 29.3 Å². The van der Waals surface area contributed by atoms with E-state index in [0.29, 0.717) is 5.92 Å². The molecule has 1 aliphatic heterocycles. The van der Waals surface area contributed by atoms with Crippen molar-refractivity contribution in [2.75, 3.05) is 19.6 Å². The van der Waals surface area contributed by atoms with Gasteiger partial charge in [0.15, 0.2) is 0 Å². The maximum Gasteiger partial charge on any atom is 0.0346 e. The molecule has 1 fully saturated rings. The van der Waals surface area contributed by atoms with E-state index >= 15 is 0 Å². The lowest BCUT2D eigenvalue weighted by atomic mass is 9.98. The zero-order chi connectivity index (χ0) is 12.4. The van der Waals surface area contributed by atoms with Crippen LogP contribution in [0.25, 0.3) is 10.1 Å². The van der Waals surface area contributed by atoms with Crippen LogP contribution >= 0.6 is 23.7 Å². The molecule has 0 radical (unpaired) electrons. The van der Waals surface area contributed by atoms with Crippen molar-refractivity contribution in [3.8, 4) is 0 Å². The molecule has 0 saturated carbocycles. The second kappa shape index (κ2) is 6.71. The van der Waals surface area contributed by atoms with Crippen LogP contribution in [0.4, 0.5) is 0 Å². The van der Waals surface area contributed by atoms with E-state index in [0.717, 1.165) is 13.1 Å². The van der Waals surface area contributed by atoms with E-state index in [9.17, 15) is 0 Å².